The van der Waals surface area contributed by atoms with Gasteiger partial charge in [-0.3, -0.25) is 0 Å². The highest BCUT2D eigenvalue weighted by Gasteiger charge is 2.09. The molecule has 0 bridgehead atoms. The number of carboxylic acids is 2. The van der Waals surface area contributed by atoms with Gasteiger partial charge in [-0.05, 0) is 26.7 Å². The zero-order valence-electron chi connectivity index (χ0n) is 15.7. The van der Waals surface area contributed by atoms with Crippen molar-refractivity contribution < 1.29 is 38.9 Å². The van der Waals surface area contributed by atoms with Crippen molar-refractivity contribution in [1.82, 2.24) is 0 Å². The zero-order chi connectivity index (χ0) is 20.5. The molecule has 0 aromatic rings. The third-order valence-electron chi connectivity index (χ3n) is 3.04. The highest BCUT2D eigenvalue weighted by Crippen LogP contribution is 2.02. The van der Waals surface area contributed by atoms with Gasteiger partial charge in [-0.25, -0.2) is 19.2 Å². The van der Waals surface area contributed by atoms with Crippen LogP contribution >= 0.6 is 0 Å². The van der Waals surface area contributed by atoms with Crippen molar-refractivity contribution in [2.75, 3.05) is 13.2 Å². The molecule has 0 aromatic carbocycles. The summed E-state index contributed by atoms with van der Waals surface area (Å²) in [5.74, 6) is -3.39. The molecule has 0 saturated carbocycles. The van der Waals surface area contributed by atoms with E-state index < -0.39 is 23.9 Å². The Kier molecular flexibility index (Phi) is 15.6. The fraction of sp³-hybridized carbons (Fsp3) is 0.556. The second-order valence-corrected chi connectivity index (χ2v) is 5.24. The molecule has 0 amide bonds. The lowest BCUT2D eigenvalue weighted by Crippen LogP contribution is -2.06. The third-order valence-corrected chi connectivity index (χ3v) is 3.04. The van der Waals surface area contributed by atoms with Crippen LogP contribution in [0.25, 0.3) is 0 Å². The Morgan fingerprint density at radius 2 is 1.04 bits per heavy atom. The number of esters is 2. The van der Waals surface area contributed by atoms with Gasteiger partial charge in [0, 0.05) is 23.3 Å². The van der Waals surface area contributed by atoms with Crippen LogP contribution in [0.4, 0.5) is 0 Å². The quantitative estimate of drug-likeness (QED) is 0.340. The third kappa shape index (κ3) is 14.9. The van der Waals surface area contributed by atoms with Crippen LogP contribution < -0.4 is 0 Å². The summed E-state index contributed by atoms with van der Waals surface area (Å²) in [5, 5.41) is 16.6. The van der Waals surface area contributed by atoms with E-state index in [1.165, 1.54) is 13.8 Å². The maximum Gasteiger partial charge on any atom is 0.331 e. The van der Waals surface area contributed by atoms with Crippen molar-refractivity contribution in [2.45, 2.75) is 53.4 Å². The first kappa shape index (κ1) is 25.6. The highest BCUT2D eigenvalue weighted by atomic mass is 16.5. The van der Waals surface area contributed by atoms with Crippen LogP contribution in [0.5, 0.6) is 0 Å². The van der Waals surface area contributed by atoms with Gasteiger partial charge in [0.1, 0.15) is 0 Å². The van der Waals surface area contributed by atoms with E-state index in [1.807, 2.05) is 13.8 Å². The van der Waals surface area contributed by atoms with E-state index in [1.54, 1.807) is 0 Å². The number of carboxylic acid groups (broad SMARTS) is 2. The van der Waals surface area contributed by atoms with Gasteiger partial charge < -0.3 is 19.7 Å². The van der Waals surface area contributed by atoms with Crippen LogP contribution in [0.2, 0.25) is 0 Å². The smallest absolute Gasteiger partial charge is 0.331 e. The summed E-state index contributed by atoms with van der Waals surface area (Å²) >= 11 is 0. The Morgan fingerprint density at radius 1 is 0.731 bits per heavy atom. The summed E-state index contributed by atoms with van der Waals surface area (Å²) in [7, 11) is 0. The van der Waals surface area contributed by atoms with E-state index in [0.29, 0.717) is 13.2 Å². The molecule has 0 radical (unpaired) electrons. The van der Waals surface area contributed by atoms with Gasteiger partial charge >= 0.3 is 23.9 Å². The average Bonchev–Trinajstić information content (AvgIpc) is 2.59. The number of aliphatic carboxylic acids is 2. The summed E-state index contributed by atoms with van der Waals surface area (Å²) in [6, 6.07) is 0. The van der Waals surface area contributed by atoms with E-state index in [0.717, 1.165) is 37.8 Å². The number of carbonyl (C=O) groups excluding carboxylic acids is 2. The standard InChI is InChI=1S/C12H20O4.C6H8O4/c1-3-5-9-15-11(13)7-8-12(14)16-10-6-4-2;1-3(5(7)8)4(2)6(9)10/h7-8H,3-6,9-10H2,1-2H3;1-2H3,(H,7,8)(H,9,10)/b8-7-;4-3-. The van der Waals surface area contributed by atoms with Crippen molar-refractivity contribution in [3.63, 3.8) is 0 Å². The van der Waals surface area contributed by atoms with E-state index in [-0.39, 0.29) is 11.1 Å². The van der Waals surface area contributed by atoms with Gasteiger partial charge in [-0.15, -0.1) is 0 Å². The van der Waals surface area contributed by atoms with Crippen LogP contribution in [0, 0.1) is 0 Å². The predicted molar refractivity (Wildman–Crippen MR) is 94.5 cm³/mol. The van der Waals surface area contributed by atoms with Crippen LogP contribution in [0.1, 0.15) is 53.4 Å². The number of hydrogen-bond acceptors (Lipinski definition) is 6. The number of rotatable bonds is 10. The SMILES string of the molecule is C/C(C(=O)O)=C(\C)C(=O)O.CCCCOC(=O)/C=C\C(=O)OCCCC. The first-order valence-electron chi connectivity index (χ1n) is 8.32. The molecular weight excluding hydrogens is 344 g/mol. The lowest BCUT2D eigenvalue weighted by atomic mass is 10.1. The van der Waals surface area contributed by atoms with Gasteiger partial charge in [0.15, 0.2) is 0 Å². The van der Waals surface area contributed by atoms with Gasteiger partial charge in [-0.2, -0.15) is 0 Å². The lowest BCUT2D eigenvalue weighted by Gasteiger charge is -2.00. The Labute approximate surface area is 153 Å². The summed E-state index contributed by atoms with van der Waals surface area (Å²) in [5.41, 5.74) is -0.264. The Hall–Kier alpha value is -2.64. The lowest BCUT2D eigenvalue weighted by molar-refractivity contribution is -0.140. The molecule has 26 heavy (non-hydrogen) atoms. The fourth-order valence-electron chi connectivity index (χ4n) is 1.19. The molecule has 0 spiro atoms. The van der Waals surface area contributed by atoms with E-state index >= 15 is 0 Å². The first-order valence-corrected chi connectivity index (χ1v) is 8.32. The first-order chi connectivity index (χ1) is 12.2. The maximum atomic E-state index is 11.0. The second-order valence-electron chi connectivity index (χ2n) is 5.24. The van der Waals surface area contributed by atoms with Crippen LogP contribution in [0.15, 0.2) is 23.3 Å². The van der Waals surface area contributed by atoms with E-state index in [4.69, 9.17) is 19.7 Å². The van der Waals surface area contributed by atoms with Crippen molar-refractivity contribution in [3.05, 3.63) is 23.3 Å². The number of unbranched alkanes of at least 4 members (excludes halogenated alkanes) is 2. The van der Waals surface area contributed by atoms with Gasteiger partial charge in [0.2, 0.25) is 0 Å². The molecule has 2 N–H and O–H groups in total. The largest absolute Gasteiger partial charge is 0.478 e. The monoisotopic (exact) mass is 372 g/mol. The molecule has 0 rings (SSSR count). The Morgan fingerprint density at radius 3 is 1.27 bits per heavy atom. The molecule has 0 fully saturated rings. The number of ether oxygens (including phenoxy) is 2. The molecular formula is C18H28O8. The summed E-state index contributed by atoms with van der Waals surface area (Å²) in [6.45, 7) is 7.32. The molecule has 0 heterocycles. The number of carbonyl (C=O) groups is 4. The average molecular weight is 372 g/mol. The maximum absolute atomic E-state index is 11.0. The van der Waals surface area contributed by atoms with Crippen LogP contribution in [0.3, 0.4) is 0 Å². The molecule has 0 atom stereocenters. The molecule has 8 heteroatoms. The zero-order valence-corrected chi connectivity index (χ0v) is 15.7. The Bertz CT molecular complexity index is 485. The molecule has 8 nitrogen and oxygen atoms in total. The van der Waals surface area contributed by atoms with Crippen molar-refractivity contribution in [2.24, 2.45) is 0 Å². The molecule has 148 valence electrons. The van der Waals surface area contributed by atoms with Crippen LogP contribution in [-0.2, 0) is 28.7 Å². The van der Waals surface area contributed by atoms with Crippen molar-refractivity contribution in [1.29, 1.82) is 0 Å². The second kappa shape index (κ2) is 15.9. The van der Waals surface area contributed by atoms with E-state index in [9.17, 15) is 19.2 Å². The predicted octanol–water partition coefficient (Wildman–Crippen LogP) is 2.72. The molecule has 0 unspecified atom stereocenters. The van der Waals surface area contributed by atoms with Gasteiger partial charge in [0.05, 0.1) is 13.2 Å². The minimum atomic E-state index is -1.19. The van der Waals surface area contributed by atoms with Crippen LogP contribution in [-0.4, -0.2) is 47.3 Å². The molecule has 0 aliphatic carbocycles. The minimum absolute atomic E-state index is 0.132. The summed E-state index contributed by atoms with van der Waals surface area (Å²) < 4.78 is 9.65. The van der Waals surface area contributed by atoms with E-state index in [2.05, 4.69) is 0 Å². The minimum Gasteiger partial charge on any atom is -0.478 e. The normalized spacial score (nSPS) is 11.1. The summed E-state index contributed by atoms with van der Waals surface area (Å²) in [4.78, 5) is 42.3. The Balaban J connectivity index is 0. The number of hydrogen-bond donors (Lipinski definition) is 2. The topological polar surface area (TPSA) is 127 Å². The molecule has 0 aromatic heterocycles. The van der Waals surface area contributed by atoms with Gasteiger partial charge in [-0.1, -0.05) is 26.7 Å². The van der Waals surface area contributed by atoms with Gasteiger partial charge in [0.25, 0.3) is 0 Å². The van der Waals surface area contributed by atoms with Crippen molar-refractivity contribution >= 4 is 23.9 Å². The fourth-order valence-corrected chi connectivity index (χ4v) is 1.19. The van der Waals surface area contributed by atoms with Crippen molar-refractivity contribution in [3.8, 4) is 0 Å². The highest BCUT2D eigenvalue weighted by molar-refractivity contribution is 5.97. The molecule has 0 aliphatic heterocycles. The molecule has 0 saturated heterocycles. The molecule has 0 aliphatic rings. The summed E-state index contributed by atoms with van der Waals surface area (Å²) in [6.07, 6.45) is 5.81.